The zero-order chi connectivity index (χ0) is 41.0. The lowest BCUT2D eigenvalue weighted by atomic mass is 9.66. The van der Waals surface area contributed by atoms with Crippen molar-refractivity contribution in [2.24, 2.45) is 0 Å². The molecule has 0 fully saturated rings. The van der Waals surface area contributed by atoms with E-state index >= 15 is 0 Å². The zero-order valence-corrected chi connectivity index (χ0v) is 34.6. The highest BCUT2D eigenvalue weighted by Crippen LogP contribution is 2.58. The third-order valence-corrected chi connectivity index (χ3v) is 13.7. The molecule has 11 aromatic rings. The summed E-state index contributed by atoms with van der Waals surface area (Å²) in [6.07, 6.45) is 0. The van der Waals surface area contributed by atoms with Crippen LogP contribution in [-0.4, -0.2) is 9.97 Å². The molecular formula is C59H38N2S. The molecule has 0 atom stereocenters. The van der Waals surface area contributed by atoms with Gasteiger partial charge in [0.05, 0.1) is 16.8 Å². The average molecular weight is 807 g/mol. The van der Waals surface area contributed by atoms with Crippen molar-refractivity contribution in [1.29, 1.82) is 0 Å². The van der Waals surface area contributed by atoms with Crippen molar-refractivity contribution < 1.29 is 0 Å². The van der Waals surface area contributed by atoms with Gasteiger partial charge in [0.1, 0.15) is 0 Å². The fourth-order valence-electron chi connectivity index (χ4n) is 9.79. The summed E-state index contributed by atoms with van der Waals surface area (Å²) in [5.74, 6) is 0.700. The van der Waals surface area contributed by atoms with Crippen LogP contribution in [0.25, 0.3) is 87.5 Å². The second-order valence-electron chi connectivity index (χ2n) is 16.1. The van der Waals surface area contributed by atoms with Crippen molar-refractivity contribution >= 4 is 31.5 Å². The Balaban J connectivity index is 0.992. The first kappa shape index (κ1) is 36.2. The molecule has 0 saturated carbocycles. The molecule has 2 heterocycles. The van der Waals surface area contributed by atoms with E-state index in [0.29, 0.717) is 5.82 Å². The zero-order valence-electron chi connectivity index (χ0n) is 33.7. The second kappa shape index (κ2) is 14.8. The number of thiophene rings is 1. The number of fused-ring (bicyclic) bond motifs is 6. The fourth-order valence-corrected chi connectivity index (χ4v) is 10.9. The normalized spacial score (nSPS) is 12.6. The summed E-state index contributed by atoms with van der Waals surface area (Å²) in [6.45, 7) is 0. The van der Waals surface area contributed by atoms with Gasteiger partial charge in [-0.1, -0.05) is 200 Å². The molecule has 62 heavy (non-hydrogen) atoms. The van der Waals surface area contributed by atoms with Gasteiger partial charge < -0.3 is 0 Å². The van der Waals surface area contributed by atoms with E-state index in [0.717, 1.165) is 33.6 Å². The summed E-state index contributed by atoms with van der Waals surface area (Å²) in [5, 5.41) is 2.61. The van der Waals surface area contributed by atoms with Gasteiger partial charge in [0.15, 0.2) is 5.82 Å². The highest BCUT2D eigenvalue weighted by molar-refractivity contribution is 7.25. The van der Waals surface area contributed by atoms with Crippen molar-refractivity contribution in [1.82, 2.24) is 9.97 Å². The molecule has 0 bridgehead atoms. The number of hydrogen-bond donors (Lipinski definition) is 0. The van der Waals surface area contributed by atoms with E-state index in [1.54, 1.807) is 0 Å². The van der Waals surface area contributed by atoms with Crippen LogP contribution in [-0.2, 0) is 5.41 Å². The summed E-state index contributed by atoms with van der Waals surface area (Å²) < 4.78 is 2.63. The number of hydrogen-bond acceptors (Lipinski definition) is 3. The molecule has 9 aromatic carbocycles. The molecule has 0 spiro atoms. The monoisotopic (exact) mass is 806 g/mol. The van der Waals surface area contributed by atoms with Crippen LogP contribution in [0.4, 0.5) is 0 Å². The molecule has 0 aliphatic heterocycles. The topological polar surface area (TPSA) is 25.8 Å². The Labute approximate surface area is 365 Å². The lowest BCUT2D eigenvalue weighted by molar-refractivity contribution is 0.770. The second-order valence-corrected chi connectivity index (χ2v) is 17.1. The van der Waals surface area contributed by atoms with Crippen LogP contribution in [0.1, 0.15) is 22.3 Å². The molecule has 12 rings (SSSR count). The molecule has 290 valence electrons. The molecule has 3 heteroatoms. The summed E-state index contributed by atoms with van der Waals surface area (Å²) in [5.41, 5.74) is 16.7. The van der Waals surface area contributed by atoms with Crippen LogP contribution in [0.5, 0.6) is 0 Å². The summed E-state index contributed by atoms with van der Waals surface area (Å²) >= 11 is 1.85. The number of rotatable bonds is 7. The number of benzene rings is 9. The first-order valence-electron chi connectivity index (χ1n) is 21.1. The van der Waals surface area contributed by atoms with Crippen LogP contribution in [0.2, 0.25) is 0 Å². The molecule has 0 N–H and O–H groups in total. The minimum Gasteiger partial charge on any atom is -0.228 e. The molecule has 0 radical (unpaired) electrons. The Morgan fingerprint density at radius 3 is 1.65 bits per heavy atom. The Hall–Kier alpha value is -7.72. The van der Waals surface area contributed by atoms with Crippen molar-refractivity contribution in [3.8, 4) is 67.3 Å². The van der Waals surface area contributed by atoms with Crippen molar-refractivity contribution in [3.05, 3.63) is 253 Å². The number of aromatic nitrogens is 2. The van der Waals surface area contributed by atoms with Crippen LogP contribution in [0, 0.1) is 0 Å². The molecule has 0 amide bonds. The predicted octanol–water partition coefficient (Wildman–Crippen LogP) is 15.5. The molecule has 1 aliphatic rings. The van der Waals surface area contributed by atoms with Gasteiger partial charge >= 0.3 is 0 Å². The molecule has 1 aliphatic carbocycles. The van der Waals surface area contributed by atoms with Gasteiger partial charge in [-0.25, -0.2) is 9.97 Å². The quantitative estimate of drug-likeness (QED) is 0.160. The van der Waals surface area contributed by atoms with Gasteiger partial charge in [0.2, 0.25) is 0 Å². The van der Waals surface area contributed by atoms with Crippen LogP contribution >= 0.6 is 11.3 Å². The van der Waals surface area contributed by atoms with Gasteiger partial charge in [-0.15, -0.1) is 11.3 Å². The van der Waals surface area contributed by atoms with E-state index in [1.165, 1.54) is 70.2 Å². The highest BCUT2D eigenvalue weighted by atomic mass is 32.1. The standard InChI is InChI=1S/C59H38N2S/c1-4-16-41(17-5-1)58-60-53(40-32-30-39(31-33-40)42-34-35-56-51(37-42)49-25-11-13-29-55(49)62-56)38-54(61-58)44-19-14-18-43(36-44)47-26-15-27-50-48-24-10-12-28-52(48)59(57(47)50,45-20-6-2-7-21-45)46-22-8-3-9-23-46/h1-38H. The first-order chi connectivity index (χ1) is 30.7. The Kier molecular flexibility index (Phi) is 8.62. The maximum Gasteiger partial charge on any atom is 0.160 e. The van der Waals surface area contributed by atoms with E-state index in [9.17, 15) is 0 Å². The van der Waals surface area contributed by atoms with E-state index in [1.807, 2.05) is 29.5 Å². The predicted molar refractivity (Wildman–Crippen MR) is 259 cm³/mol. The maximum absolute atomic E-state index is 5.27. The van der Waals surface area contributed by atoms with Crippen molar-refractivity contribution in [3.63, 3.8) is 0 Å². The Bertz CT molecular complexity index is 3400. The van der Waals surface area contributed by atoms with Crippen molar-refractivity contribution in [2.45, 2.75) is 5.41 Å². The largest absolute Gasteiger partial charge is 0.228 e. The molecule has 0 unspecified atom stereocenters. The molecule has 2 aromatic heterocycles. The van der Waals surface area contributed by atoms with Gasteiger partial charge in [-0.2, -0.15) is 0 Å². The van der Waals surface area contributed by atoms with E-state index < -0.39 is 5.41 Å². The van der Waals surface area contributed by atoms with Crippen molar-refractivity contribution in [2.75, 3.05) is 0 Å². The fraction of sp³-hybridized carbons (Fsp3) is 0.0169. The van der Waals surface area contributed by atoms with E-state index in [2.05, 4.69) is 212 Å². The summed E-state index contributed by atoms with van der Waals surface area (Å²) in [7, 11) is 0. The first-order valence-corrected chi connectivity index (χ1v) is 22.0. The SMILES string of the molecule is c1ccc(-c2nc(-c3ccc(-c4ccc5sc6ccccc6c5c4)cc3)cc(-c3cccc(-c4cccc5c4C(c4ccccc4)(c4ccccc4)c4ccccc4-5)c3)n2)cc1. The third kappa shape index (κ3) is 5.85. The number of nitrogens with zero attached hydrogens (tertiary/aromatic N) is 2. The van der Waals surface area contributed by atoms with Crippen LogP contribution in [0.15, 0.2) is 231 Å². The lowest BCUT2D eigenvalue weighted by Crippen LogP contribution is -2.29. The lowest BCUT2D eigenvalue weighted by Gasteiger charge is -2.35. The van der Waals surface area contributed by atoms with Gasteiger partial charge in [0.25, 0.3) is 0 Å². The third-order valence-electron chi connectivity index (χ3n) is 12.6. The van der Waals surface area contributed by atoms with Crippen LogP contribution in [0.3, 0.4) is 0 Å². The molecule has 0 saturated heterocycles. The molecular weight excluding hydrogens is 769 g/mol. The van der Waals surface area contributed by atoms with Gasteiger partial charge in [-0.05, 0) is 86.0 Å². The Morgan fingerprint density at radius 2 is 0.871 bits per heavy atom. The molecule has 2 nitrogen and oxygen atoms in total. The summed E-state index contributed by atoms with van der Waals surface area (Å²) in [4.78, 5) is 10.5. The summed E-state index contributed by atoms with van der Waals surface area (Å²) in [6, 6.07) is 83.5. The van der Waals surface area contributed by atoms with Gasteiger partial charge in [0, 0.05) is 36.9 Å². The van der Waals surface area contributed by atoms with Crippen LogP contribution < -0.4 is 0 Å². The minimum absolute atomic E-state index is 0.515. The van der Waals surface area contributed by atoms with E-state index in [4.69, 9.17) is 9.97 Å². The maximum atomic E-state index is 5.27. The van der Waals surface area contributed by atoms with E-state index in [-0.39, 0.29) is 0 Å². The van der Waals surface area contributed by atoms with Gasteiger partial charge in [-0.3, -0.25) is 0 Å². The highest BCUT2D eigenvalue weighted by Gasteiger charge is 2.47. The smallest absolute Gasteiger partial charge is 0.160 e. The Morgan fingerprint density at radius 1 is 0.323 bits per heavy atom. The minimum atomic E-state index is -0.515. The average Bonchev–Trinajstić information content (AvgIpc) is 3.88.